The fraction of sp³-hybridized carbons (Fsp3) is 0.125. The Bertz CT molecular complexity index is 508. The van der Waals surface area contributed by atoms with Crippen LogP contribution in [-0.2, 0) is 5.88 Å². The van der Waals surface area contributed by atoms with E-state index in [1.54, 1.807) is 0 Å². The van der Waals surface area contributed by atoms with Crippen LogP contribution < -0.4 is 0 Å². The lowest BCUT2D eigenvalue weighted by atomic mass is 10.3. The number of halogens is 4. The SMILES string of the molecule is Fc1cc(F)c(-n2nnnc2CCl)c(Br)c1. The highest BCUT2D eigenvalue weighted by Gasteiger charge is 2.16. The smallest absolute Gasteiger partial charge is 0.171 e. The Morgan fingerprint density at radius 1 is 1.38 bits per heavy atom. The Labute approximate surface area is 102 Å². The third kappa shape index (κ3) is 1.92. The van der Waals surface area contributed by atoms with Gasteiger partial charge in [-0.2, -0.15) is 4.68 Å². The molecule has 1 aromatic heterocycles. The summed E-state index contributed by atoms with van der Waals surface area (Å²) in [5.41, 5.74) is 0.0297. The van der Waals surface area contributed by atoms with Gasteiger partial charge < -0.3 is 0 Å². The number of alkyl halides is 1. The maximum atomic E-state index is 13.6. The second-order valence-corrected chi connectivity index (χ2v) is 3.98. The van der Waals surface area contributed by atoms with Gasteiger partial charge in [-0.25, -0.2) is 8.78 Å². The third-order valence-corrected chi connectivity index (χ3v) is 2.69. The van der Waals surface area contributed by atoms with Crippen LogP contribution in [0.3, 0.4) is 0 Å². The van der Waals surface area contributed by atoms with E-state index in [0.29, 0.717) is 0 Å². The van der Waals surface area contributed by atoms with E-state index in [2.05, 4.69) is 31.5 Å². The van der Waals surface area contributed by atoms with Crippen LogP contribution in [0.2, 0.25) is 0 Å². The molecule has 0 saturated carbocycles. The highest BCUT2D eigenvalue weighted by molar-refractivity contribution is 9.10. The maximum absolute atomic E-state index is 13.6. The minimum atomic E-state index is -0.773. The van der Waals surface area contributed by atoms with Crippen molar-refractivity contribution in [2.75, 3.05) is 0 Å². The van der Waals surface area contributed by atoms with Crippen LogP contribution in [0.5, 0.6) is 0 Å². The van der Waals surface area contributed by atoms with Crippen molar-refractivity contribution < 1.29 is 8.78 Å². The summed E-state index contributed by atoms with van der Waals surface area (Å²) in [6.07, 6.45) is 0. The van der Waals surface area contributed by atoms with Crippen molar-refractivity contribution in [2.45, 2.75) is 5.88 Å². The zero-order valence-electron chi connectivity index (χ0n) is 7.66. The summed E-state index contributed by atoms with van der Waals surface area (Å²) in [4.78, 5) is 0. The van der Waals surface area contributed by atoms with Gasteiger partial charge in [0.05, 0.1) is 5.88 Å². The van der Waals surface area contributed by atoms with E-state index in [-0.39, 0.29) is 21.9 Å². The first-order chi connectivity index (χ1) is 7.63. The predicted octanol–water partition coefficient (Wildman–Crippen LogP) is 2.44. The first-order valence-corrected chi connectivity index (χ1v) is 5.44. The highest BCUT2D eigenvalue weighted by Crippen LogP contribution is 2.25. The topological polar surface area (TPSA) is 43.6 Å². The monoisotopic (exact) mass is 308 g/mol. The molecule has 0 saturated heterocycles. The minimum absolute atomic E-state index is 0.0241. The van der Waals surface area contributed by atoms with Crippen molar-refractivity contribution in [3.63, 3.8) is 0 Å². The number of hydrogen-bond acceptors (Lipinski definition) is 3. The van der Waals surface area contributed by atoms with Crippen molar-refractivity contribution in [1.29, 1.82) is 0 Å². The van der Waals surface area contributed by atoms with Gasteiger partial charge in [-0.15, -0.1) is 16.7 Å². The molecule has 0 aliphatic carbocycles. The zero-order chi connectivity index (χ0) is 11.7. The summed E-state index contributed by atoms with van der Waals surface area (Å²) in [6.45, 7) is 0. The summed E-state index contributed by atoms with van der Waals surface area (Å²) in [5, 5.41) is 10.6. The highest BCUT2D eigenvalue weighted by atomic mass is 79.9. The van der Waals surface area contributed by atoms with Crippen LogP contribution in [0.4, 0.5) is 8.78 Å². The lowest BCUT2D eigenvalue weighted by molar-refractivity contribution is 0.568. The maximum Gasteiger partial charge on any atom is 0.171 e. The van der Waals surface area contributed by atoms with Crippen LogP contribution in [0.1, 0.15) is 5.82 Å². The Kier molecular flexibility index (Phi) is 3.15. The molecule has 1 aromatic carbocycles. The van der Waals surface area contributed by atoms with Gasteiger partial charge in [0.2, 0.25) is 0 Å². The molecule has 0 aliphatic heterocycles. The van der Waals surface area contributed by atoms with Crippen LogP contribution in [0.15, 0.2) is 16.6 Å². The average Bonchev–Trinajstić information content (AvgIpc) is 2.64. The Balaban J connectivity index is 2.64. The summed E-state index contributed by atoms with van der Waals surface area (Å²) in [7, 11) is 0. The quantitative estimate of drug-likeness (QED) is 0.800. The molecule has 8 heteroatoms. The fourth-order valence-electron chi connectivity index (χ4n) is 1.20. The first kappa shape index (κ1) is 11.4. The van der Waals surface area contributed by atoms with E-state index in [1.807, 2.05) is 0 Å². The van der Waals surface area contributed by atoms with Gasteiger partial charge in [0.1, 0.15) is 11.5 Å². The molecule has 1 heterocycles. The van der Waals surface area contributed by atoms with E-state index < -0.39 is 11.6 Å². The third-order valence-electron chi connectivity index (χ3n) is 1.85. The largest absolute Gasteiger partial charge is 0.207 e. The van der Waals surface area contributed by atoms with Gasteiger partial charge in [-0.3, -0.25) is 0 Å². The first-order valence-electron chi connectivity index (χ1n) is 4.11. The van der Waals surface area contributed by atoms with Crippen LogP contribution in [-0.4, -0.2) is 20.2 Å². The number of tetrazole rings is 1. The fourth-order valence-corrected chi connectivity index (χ4v) is 1.94. The van der Waals surface area contributed by atoms with Gasteiger partial charge in [0, 0.05) is 10.5 Å². The van der Waals surface area contributed by atoms with Crippen LogP contribution >= 0.6 is 27.5 Å². The molecular weight excluding hydrogens is 305 g/mol. The molecule has 0 fully saturated rings. The lowest BCUT2D eigenvalue weighted by Gasteiger charge is -2.06. The molecule has 0 bridgehead atoms. The second-order valence-electron chi connectivity index (χ2n) is 2.86. The number of rotatable bonds is 2. The molecule has 0 N–H and O–H groups in total. The summed E-state index contributed by atoms with van der Waals surface area (Å²) in [6, 6.07) is 1.87. The van der Waals surface area contributed by atoms with E-state index >= 15 is 0 Å². The predicted molar refractivity (Wildman–Crippen MR) is 56.3 cm³/mol. The number of hydrogen-bond donors (Lipinski definition) is 0. The molecule has 0 unspecified atom stereocenters. The van der Waals surface area contributed by atoms with Crippen molar-refractivity contribution >= 4 is 27.5 Å². The molecular formula is C8H4BrClF2N4. The van der Waals surface area contributed by atoms with Crippen molar-refractivity contribution in [2.24, 2.45) is 0 Å². The number of nitrogens with zero attached hydrogens (tertiary/aromatic N) is 4. The summed E-state index contributed by atoms with van der Waals surface area (Å²) in [5.74, 6) is -1.16. The second kappa shape index (κ2) is 4.42. The Morgan fingerprint density at radius 2 is 2.12 bits per heavy atom. The normalized spacial score (nSPS) is 10.8. The molecule has 4 nitrogen and oxygen atoms in total. The van der Waals surface area contributed by atoms with E-state index in [1.165, 1.54) is 0 Å². The molecule has 0 amide bonds. The van der Waals surface area contributed by atoms with E-state index in [9.17, 15) is 8.78 Å². The molecule has 0 atom stereocenters. The van der Waals surface area contributed by atoms with E-state index in [0.717, 1.165) is 16.8 Å². The number of benzene rings is 1. The van der Waals surface area contributed by atoms with Gasteiger partial charge in [0.25, 0.3) is 0 Å². The zero-order valence-corrected chi connectivity index (χ0v) is 10.0. The molecule has 2 aromatic rings. The van der Waals surface area contributed by atoms with Crippen molar-refractivity contribution in [1.82, 2.24) is 20.2 Å². The molecule has 2 rings (SSSR count). The van der Waals surface area contributed by atoms with Gasteiger partial charge in [0.15, 0.2) is 11.6 Å². The lowest BCUT2D eigenvalue weighted by Crippen LogP contribution is -2.05. The average molecular weight is 310 g/mol. The van der Waals surface area contributed by atoms with Crippen LogP contribution in [0, 0.1) is 11.6 Å². The van der Waals surface area contributed by atoms with Crippen molar-refractivity contribution in [3.05, 3.63) is 34.1 Å². The van der Waals surface area contributed by atoms with Gasteiger partial charge >= 0.3 is 0 Å². The molecule has 0 spiro atoms. The Morgan fingerprint density at radius 3 is 2.75 bits per heavy atom. The summed E-state index contributed by atoms with van der Waals surface area (Å²) >= 11 is 8.63. The minimum Gasteiger partial charge on any atom is -0.207 e. The van der Waals surface area contributed by atoms with Crippen LogP contribution in [0.25, 0.3) is 5.69 Å². The van der Waals surface area contributed by atoms with E-state index in [4.69, 9.17) is 11.6 Å². The molecule has 84 valence electrons. The van der Waals surface area contributed by atoms with Crippen molar-refractivity contribution in [3.8, 4) is 5.69 Å². The standard InChI is InChI=1S/C8H4BrClF2N4/c9-5-1-4(11)2-6(12)8(5)16-7(3-10)13-14-15-16/h1-2H,3H2. The van der Waals surface area contributed by atoms with Gasteiger partial charge in [-0.1, -0.05) is 0 Å². The molecule has 0 radical (unpaired) electrons. The molecule has 16 heavy (non-hydrogen) atoms. The summed E-state index contributed by atoms with van der Waals surface area (Å²) < 4.78 is 27.8. The van der Waals surface area contributed by atoms with Gasteiger partial charge in [-0.05, 0) is 32.4 Å². The number of aromatic nitrogens is 4. The Hall–Kier alpha value is -1.08. The molecule has 0 aliphatic rings.